The van der Waals surface area contributed by atoms with Gasteiger partial charge < -0.3 is 25.2 Å². The van der Waals surface area contributed by atoms with Crippen molar-refractivity contribution in [2.45, 2.75) is 45.6 Å². The molecule has 1 atom stereocenters. The summed E-state index contributed by atoms with van der Waals surface area (Å²) in [4.78, 5) is 38.4. The zero-order valence-corrected chi connectivity index (χ0v) is 21.9. The fourth-order valence-corrected chi connectivity index (χ4v) is 4.34. The summed E-state index contributed by atoms with van der Waals surface area (Å²) in [6.07, 6.45) is 2.12. The fraction of sp³-hybridized carbons (Fsp3) is 0.423. The summed E-state index contributed by atoms with van der Waals surface area (Å²) in [5, 5.41) is 16.4. The highest BCUT2D eigenvalue weighted by Crippen LogP contribution is 2.38. The Balaban J connectivity index is 0.00000456. The molecule has 0 aliphatic carbocycles. The maximum absolute atomic E-state index is 13.0. The number of phenolic OH excluding ortho intramolecular Hbond substituents is 1. The minimum Gasteiger partial charge on any atom is -0.507 e. The summed E-state index contributed by atoms with van der Waals surface area (Å²) in [5.74, 6) is -2.16. The summed E-state index contributed by atoms with van der Waals surface area (Å²) in [6.45, 7) is 5.20. The zero-order chi connectivity index (χ0) is 25.4. The minimum absolute atomic E-state index is 0. The van der Waals surface area contributed by atoms with Crippen LogP contribution < -0.4 is 15.4 Å². The van der Waals surface area contributed by atoms with Crippen LogP contribution in [0.1, 0.15) is 49.0 Å². The van der Waals surface area contributed by atoms with Crippen LogP contribution in [0.3, 0.4) is 0 Å². The number of hydrogen-bond acceptors (Lipinski definition) is 7. The molecule has 2 aromatic rings. The van der Waals surface area contributed by atoms with Crippen molar-refractivity contribution in [3.05, 3.63) is 58.6 Å². The van der Waals surface area contributed by atoms with Gasteiger partial charge in [0.25, 0.3) is 5.91 Å². The number of esters is 2. The number of halogens is 2. The average Bonchev–Trinajstić information content (AvgIpc) is 2.86. The highest BCUT2D eigenvalue weighted by Gasteiger charge is 2.40. The van der Waals surface area contributed by atoms with Gasteiger partial charge in [-0.25, -0.2) is 4.79 Å². The molecule has 3 N–H and O–H groups in total. The lowest BCUT2D eigenvalue weighted by Crippen LogP contribution is -2.44. The van der Waals surface area contributed by atoms with Crippen LogP contribution in [0.2, 0.25) is 5.02 Å². The molecule has 36 heavy (non-hydrogen) atoms. The van der Waals surface area contributed by atoms with Crippen molar-refractivity contribution in [3.63, 3.8) is 0 Å². The second-order valence-electron chi connectivity index (χ2n) is 8.54. The van der Waals surface area contributed by atoms with E-state index in [1.807, 2.05) is 37.3 Å². The summed E-state index contributed by atoms with van der Waals surface area (Å²) < 4.78 is 10.7. The van der Waals surface area contributed by atoms with E-state index in [2.05, 4.69) is 10.6 Å². The van der Waals surface area contributed by atoms with Crippen LogP contribution in [-0.2, 0) is 20.7 Å². The first kappa shape index (κ1) is 29.4. The van der Waals surface area contributed by atoms with Gasteiger partial charge in [0.2, 0.25) is 0 Å². The van der Waals surface area contributed by atoms with Crippen molar-refractivity contribution in [1.29, 1.82) is 0 Å². The van der Waals surface area contributed by atoms with Gasteiger partial charge >= 0.3 is 11.9 Å². The maximum Gasteiger partial charge on any atom is 0.328 e. The Bertz CT molecular complexity index is 1060. The number of carbonyl (C=O) groups is 3. The van der Waals surface area contributed by atoms with Crippen molar-refractivity contribution >= 4 is 41.9 Å². The highest BCUT2D eigenvalue weighted by molar-refractivity contribution is 6.32. The highest BCUT2D eigenvalue weighted by atomic mass is 35.5. The molecule has 1 saturated heterocycles. The Hall–Kier alpha value is -2.81. The van der Waals surface area contributed by atoms with Crippen LogP contribution in [0.5, 0.6) is 11.5 Å². The third-order valence-corrected chi connectivity index (χ3v) is 6.62. The SMILES string of the molecule is CCOC(=O)[C@@H](Cc1ccccc1)NC(=O)c1cc(Cl)c(OC(=O)C2(CC)CCNCC2)cc1O.Cl. The van der Waals surface area contributed by atoms with Crippen LogP contribution in [0.4, 0.5) is 0 Å². The molecule has 3 rings (SSSR count). The molecule has 1 aliphatic rings. The first-order valence-corrected chi connectivity index (χ1v) is 12.1. The first-order valence-electron chi connectivity index (χ1n) is 11.8. The number of amides is 1. The lowest BCUT2D eigenvalue weighted by Gasteiger charge is -2.34. The summed E-state index contributed by atoms with van der Waals surface area (Å²) in [5.41, 5.74) is 0.0623. The van der Waals surface area contributed by atoms with Crippen molar-refractivity contribution in [2.75, 3.05) is 19.7 Å². The average molecular weight is 539 g/mol. The smallest absolute Gasteiger partial charge is 0.328 e. The quantitative estimate of drug-likeness (QED) is 0.325. The number of nitrogens with one attached hydrogen (secondary N) is 2. The maximum atomic E-state index is 13.0. The molecule has 0 bridgehead atoms. The van der Waals surface area contributed by atoms with E-state index in [-0.39, 0.29) is 41.8 Å². The molecule has 0 aromatic heterocycles. The van der Waals surface area contributed by atoms with Crippen molar-refractivity contribution in [1.82, 2.24) is 10.6 Å². The molecule has 8 nitrogen and oxygen atoms in total. The summed E-state index contributed by atoms with van der Waals surface area (Å²) in [7, 11) is 0. The molecule has 1 fully saturated rings. The van der Waals surface area contributed by atoms with E-state index in [9.17, 15) is 19.5 Å². The predicted octanol–water partition coefficient (Wildman–Crippen LogP) is 4.06. The van der Waals surface area contributed by atoms with E-state index in [0.29, 0.717) is 32.4 Å². The van der Waals surface area contributed by atoms with Crippen molar-refractivity contribution in [3.8, 4) is 11.5 Å². The summed E-state index contributed by atoms with van der Waals surface area (Å²) >= 11 is 6.32. The van der Waals surface area contributed by atoms with Gasteiger partial charge in [-0.05, 0) is 50.9 Å². The Morgan fingerprint density at radius 2 is 1.81 bits per heavy atom. The van der Waals surface area contributed by atoms with Crippen LogP contribution >= 0.6 is 24.0 Å². The van der Waals surface area contributed by atoms with Crippen LogP contribution in [0, 0.1) is 5.41 Å². The predicted molar refractivity (Wildman–Crippen MR) is 139 cm³/mol. The molecule has 2 aromatic carbocycles. The van der Waals surface area contributed by atoms with Crippen molar-refractivity contribution < 1.29 is 29.0 Å². The first-order chi connectivity index (χ1) is 16.8. The molecule has 0 unspecified atom stereocenters. The number of hydrogen-bond donors (Lipinski definition) is 3. The molecule has 0 spiro atoms. The second-order valence-corrected chi connectivity index (χ2v) is 8.95. The van der Waals surface area contributed by atoms with Gasteiger partial charge in [-0.1, -0.05) is 48.9 Å². The van der Waals surface area contributed by atoms with E-state index in [0.717, 1.165) is 11.6 Å². The second kappa shape index (κ2) is 13.5. The molecule has 196 valence electrons. The van der Waals surface area contributed by atoms with Crippen LogP contribution in [0.15, 0.2) is 42.5 Å². The zero-order valence-electron chi connectivity index (χ0n) is 20.3. The lowest BCUT2D eigenvalue weighted by molar-refractivity contribution is -0.148. The van der Waals surface area contributed by atoms with Gasteiger partial charge in [-0.2, -0.15) is 0 Å². The number of ether oxygens (including phenoxy) is 2. The number of aromatic hydroxyl groups is 1. The van der Waals surface area contributed by atoms with Gasteiger partial charge in [-0.3, -0.25) is 9.59 Å². The number of rotatable bonds is 9. The van der Waals surface area contributed by atoms with Gasteiger partial charge in [0, 0.05) is 12.5 Å². The van der Waals surface area contributed by atoms with Crippen LogP contribution in [0.25, 0.3) is 0 Å². The van der Waals surface area contributed by atoms with Gasteiger partial charge in [-0.15, -0.1) is 12.4 Å². The third-order valence-electron chi connectivity index (χ3n) is 6.33. The number of phenols is 1. The molecule has 1 heterocycles. The molecule has 1 aliphatic heterocycles. The lowest BCUT2D eigenvalue weighted by atomic mass is 9.77. The summed E-state index contributed by atoms with van der Waals surface area (Å²) in [6, 6.07) is 10.6. The number of piperidine rings is 1. The largest absolute Gasteiger partial charge is 0.507 e. The monoisotopic (exact) mass is 538 g/mol. The standard InChI is InChI=1S/C26H31ClN2O6.ClH/c1-3-26(10-12-28-13-11-26)25(33)35-22-16-21(30)18(15-19(22)27)23(31)29-20(24(32)34-4-2)14-17-8-6-5-7-9-17;/h5-9,15-16,20,28,30H,3-4,10-14H2,1-2H3,(H,29,31);1H/t20-;/m1./s1. The van der Waals surface area contributed by atoms with Gasteiger partial charge in [0.05, 0.1) is 22.6 Å². The molecular weight excluding hydrogens is 507 g/mol. The Morgan fingerprint density at radius 3 is 2.42 bits per heavy atom. The van der Waals surface area contributed by atoms with E-state index >= 15 is 0 Å². The van der Waals surface area contributed by atoms with E-state index in [1.54, 1.807) is 6.92 Å². The number of benzene rings is 2. The van der Waals surface area contributed by atoms with E-state index < -0.39 is 35.1 Å². The van der Waals surface area contributed by atoms with Gasteiger partial charge in [0.15, 0.2) is 5.75 Å². The Kier molecular flexibility index (Phi) is 11.0. The number of carbonyl (C=O) groups excluding carboxylic acids is 3. The molecule has 0 radical (unpaired) electrons. The topological polar surface area (TPSA) is 114 Å². The molecule has 0 saturated carbocycles. The normalized spacial score (nSPS) is 15.2. The van der Waals surface area contributed by atoms with Crippen LogP contribution in [-0.4, -0.2) is 48.7 Å². The Morgan fingerprint density at radius 1 is 1.14 bits per heavy atom. The minimum atomic E-state index is -0.968. The Labute approximate surface area is 222 Å². The van der Waals surface area contributed by atoms with E-state index in [1.165, 1.54) is 6.07 Å². The molecule has 10 heteroatoms. The van der Waals surface area contributed by atoms with E-state index in [4.69, 9.17) is 21.1 Å². The molecule has 1 amide bonds. The van der Waals surface area contributed by atoms with Gasteiger partial charge in [0.1, 0.15) is 11.8 Å². The fourth-order valence-electron chi connectivity index (χ4n) is 4.14. The molecular formula is C26H32Cl2N2O6. The van der Waals surface area contributed by atoms with Crippen molar-refractivity contribution in [2.24, 2.45) is 5.41 Å². The third kappa shape index (κ3) is 7.12.